The molecule has 14 heavy (non-hydrogen) atoms. The fourth-order valence-corrected chi connectivity index (χ4v) is 2.93. The number of nitrogens with two attached hydrogens (primary N) is 1. The molecular formula is C12H24N2. The molecule has 0 bridgehead atoms. The summed E-state index contributed by atoms with van der Waals surface area (Å²) in [6, 6.07) is 1.33. The van der Waals surface area contributed by atoms with Crippen LogP contribution in [0.5, 0.6) is 0 Å². The Bertz CT molecular complexity index is 192. The maximum absolute atomic E-state index is 5.93. The smallest absolute Gasteiger partial charge is 0.00966 e. The molecule has 1 aliphatic heterocycles. The topological polar surface area (TPSA) is 29.3 Å². The lowest BCUT2D eigenvalue weighted by atomic mass is 9.90. The molecule has 0 unspecified atom stereocenters. The quantitative estimate of drug-likeness (QED) is 0.695. The predicted octanol–water partition coefficient (Wildman–Crippen LogP) is 1.99. The first-order valence-corrected chi connectivity index (χ1v) is 6.06. The maximum atomic E-state index is 5.93. The standard InChI is InChI=1S/C12H24N2/c1-12(2)7-8-14(9-12)11-5-3-10(13)4-6-11/h10-11H,3-9,13H2,1-2H3. The van der Waals surface area contributed by atoms with Crippen LogP contribution in [0.2, 0.25) is 0 Å². The van der Waals surface area contributed by atoms with E-state index in [4.69, 9.17) is 5.73 Å². The Morgan fingerprint density at radius 3 is 2.29 bits per heavy atom. The van der Waals surface area contributed by atoms with Gasteiger partial charge in [0, 0.05) is 18.6 Å². The summed E-state index contributed by atoms with van der Waals surface area (Å²) in [4.78, 5) is 2.70. The van der Waals surface area contributed by atoms with E-state index in [-0.39, 0.29) is 0 Å². The Kier molecular flexibility index (Phi) is 2.85. The highest BCUT2D eigenvalue weighted by Crippen LogP contribution is 2.33. The van der Waals surface area contributed by atoms with Crippen molar-refractivity contribution in [2.75, 3.05) is 13.1 Å². The van der Waals surface area contributed by atoms with Gasteiger partial charge in [-0.25, -0.2) is 0 Å². The highest BCUT2D eigenvalue weighted by Gasteiger charge is 2.34. The molecular weight excluding hydrogens is 172 g/mol. The zero-order valence-electron chi connectivity index (χ0n) is 9.63. The van der Waals surface area contributed by atoms with Crippen LogP contribution < -0.4 is 5.73 Å². The lowest BCUT2D eigenvalue weighted by Crippen LogP contribution is -2.40. The van der Waals surface area contributed by atoms with E-state index in [0.29, 0.717) is 11.5 Å². The van der Waals surface area contributed by atoms with Crippen molar-refractivity contribution in [3.8, 4) is 0 Å². The summed E-state index contributed by atoms with van der Waals surface area (Å²) in [5.74, 6) is 0. The summed E-state index contributed by atoms with van der Waals surface area (Å²) < 4.78 is 0. The molecule has 0 amide bonds. The number of hydrogen-bond donors (Lipinski definition) is 1. The largest absolute Gasteiger partial charge is 0.328 e. The second kappa shape index (κ2) is 3.82. The summed E-state index contributed by atoms with van der Waals surface area (Å²) in [5.41, 5.74) is 6.49. The van der Waals surface area contributed by atoms with Crippen LogP contribution >= 0.6 is 0 Å². The zero-order chi connectivity index (χ0) is 10.2. The van der Waals surface area contributed by atoms with Gasteiger partial charge < -0.3 is 5.73 Å². The van der Waals surface area contributed by atoms with E-state index < -0.39 is 0 Å². The van der Waals surface area contributed by atoms with Crippen LogP contribution in [0.25, 0.3) is 0 Å². The minimum absolute atomic E-state index is 0.488. The molecule has 2 heteroatoms. The molecule has 0 aromatic rings. The third-order valence-corrected chi connectivity index (χ3v) is 3.96. The van der Waals surface area contributed by atoms with Gasteiger partial charge in [-0.2, -0.15) is 0 Å². The van der Waals surface area contributed by atoms with Crippen LogP contribution in [-0.2, 0) is 0 Å². The van der Waals surface area contributed by atoms with E-state index in [1.54, 1.807) is 0 Å². The third-order valence-electron chi connectivity index (χ3n) is 3.96. The molecule has 0 aromatic heterocycles. The van der Waals surface area contributed by atoms with Gasteiger partial charge >= 0.3 is 0 Å². The summed E-state index contributed by atoms with van der Waals surface area (Å²) in [6.45, 7) is 7.39. The van der Waals surface area contributed by atoms with Crippen LogP contribution in [0, 0.1) is 5.41 Å². The first kappa shape index (κ1) is 10.4. The van der Waals surface area contributed by atoms with Gasteiger partial charge in [0.25, 0.3) is 0 Å². The molecule has 2 fully saturated rings. The molecule has 1 aliphatic carbocycles. The van der Waals surface area contributed by atoms with E-state index in [1.165, 1.54) is 45.2 Å². The number of likely N-dealkylation sites (tertiary alicyclic amines) is 1. The van der Waals surface area contributed by atoms with Crippen molar-refractivity contribution in [1.29, 1.82) is 0 Å². The Hall–Kier alpha value is -0.0800. The lowest BCUT2D eigenvalue weighted by molar-refractivity contribution is 0.167. The Labute approximate surface area is 87.8 Å². The van der Waals surface area contributed by atoms with E-state index >= 15 is 0 Å². The average Bonchev–Trinajstić information content (AvgIpc) is 2.47. The molecule has 82 valence electrons. The molecule has 1 heterocycles. The first-order chi connectivity index (χ1) is 6.57. The SMILES string of the molecule is CC1(C)CCN(C2CCC(N)CC2)C1. The van der Waals surface area contributed by atoms with Gasteiger partial charge in [0.2, 0.25) is 0 Å². The molecule has 2 nitrogen and oxygen atoms in total. The average molecular weight is 196 g/mol. The lowest BCUT2D eigenvalue weighted by Gasteiger charge is -2.34. The van der Waals surface area contributed by atoms with Gasteiger partial charge in [-0.05, 0) is 44.1 Å². The predicted molar refractivity (Wildman–Crippen MR) is 60.2 cm³/mol. The fraction of sp³-hybridized carbons (Fsp3) is 1.00. The van der Waals surface area contributed by atoms with Gasteiger partial charge in [-0.3, -0.25) is 4.90 Å². The van der Waals surface area contributed by atoms with Crippen molar-refractivity contribution in [2.45, 2.75) is 58.0 Å². The number of rotatable bonds is 1. The summed E-state index contributed by atoms with van der Waals surface area (Å²) in [5, 5.41) is 0. The van der Waals surface area contributed by atoms with Crippen LogP contribution in [0.1, 0.15) is 46.0 Å². The number of hydrogen-bond acceptors (Lipinski definition) is 2. The van der Waals surface area contributed by atoms with Gasteiger partial charge in [-0.1, -0.05) is 13.8 Å². The summed E-state index contributed by atoms with van der Waals surface area (Å²) >= 11 is 0. The maximum Gasteiger partial charge on any atom is 0.00966 e. The van der Waals surface area contributed by atoms with E-state index in [1.807, 2.05) is 0 Å². The molecule has 0 spiro atoms. The summed E-state index contributed by atoms with van der Waals surface area (Å²) in [7, 11) is 0. The summed E-state index contributed by atoms with van der Waals surface area (Å²) in [6.07, 6.45) is 6.51. The van der Waals surface area contributed by atoms with E-state index in [2.05, 4.69) is 18.7 Å². The van der Waals surface area contributed by atoms with E-state index in [0.717, 1.165) is 6.04 Å². The second-order valence-electron chi connectivity index (χ2n) is 5.95. The van der Waals surface area contributed by atoms with Crippen molar-refractivity contribution in [3.63, 3.8) is 0 Å². The first-order valence-electron chi connectivity index (χ1n) is 6.06. The van der Waals surface area contributed by atoms with Gasteiger partial charge in [0.05, 0.1) is 0 Å². The van der Waals surface area contributed by atoms with Gasteiger partial charge in [0.15, 0.2) is 0 Å². The van der Waals surface area contributed by atoms with Crippen LogP contribution in [0.15, 0.2) is 0 Å². The monoisotopic (exact) mass is 196 g/mol. The molecule has 0 radical (unpaired) electrons. The van der Waals surface area contributed by atoms with Crippen molar-refractivity contribution < 1.29 is 0 Å². The number of nitrogens with zero attached hydrogens (tertiary/aromatic N) is 1. The van der Waals surface area contributed by atoms with Crippen LogP contribution in [0.4, 0.5) is 0 Å². The molecule has 2 N–H and O–H groups in total. The Balaban J connectivity index is 1.85. The minimum atomic E-state index is 0.488. The molecule has 2 aliphatic rings. The highest BCUT2D eigenvalue weighted by molar-refractivity contribution is 4.89. The normalized spacial score (nSPS) is 38.8. The van der Waals surface area contributed by atoms with Crippen molar-refractivity contribution in [1.82, 2.24) is 4.90 Å². The Morgan fingerprint density at radius 1 is 1.14 bits per heavy atom. The van der Waals surface area contributed by atoms with Crippen molar-refractivity contribution in [3.05, 3.63) is 0 Å². The Morgan fingerprint density at radius 2 is 1.79 bits per heavy atom. The molecule has 1 saturated carbocycles. The van der Waals surface area contributed by atoms with E-state index in [9.17, 15) is 0 Å². The van der Waals surface area contributed by atoms with Crippen LogP contribution in [-0.4, -0.2) is 30.1 Å². The van der Waals surface area contributed by atoms with Crippen molar-refractivity contribution >= 4 is 0 Å². The molecule has 2 rings (SSSR count). The third kappa shape index (κ3) is 2.29. The van der Waals surface area contributed by atoms with Crippen LogP contribution in [0.3, 0.4) is 0 Å². The van der Waals surface area contributed by atoms with Gasteiger partial charge in [-0.15, -0.1) is 0 Å². The van der Waals surface area contributed by atoms with Gasteiger partial charge in [0.1, 0.15) is 0 Å². The molecule has 0 atom stereocenters. The zero-order valence-corrected chi connectivity index (χ0v) is 9.63. The second-order valence-corrected chi connectivity index (χ2v) is 5.95. The fourth-order valence-electron chi connectivity index (χ4n) is 2.93. The van der Waals surface area contributed by atoms with Crippen molar-refractivity contribution in [2.24, 2.45) is 11.1 Å². The highest BCUT2D eigenvalue weighted by atomic mass is 15.2. The molecule has 1 saturated heterocycles. The molecule has 0 aromatic carbocycles. The minimum Gasteiger partial charge on any atom is -0.328 e.